The molecule has 0 bridgehead atoms. The lowest BCUT2D eigenvalue weighted by atomic mass is 10.1. The number of para-hydroxylation sites is 2. The summed E-state index contributed by atoms with van der Waals surface area (Å²) in [5.41, 5.74) is 2.77. The summed E-state index contributed by atoms with van der Waals surface area (Å²) >= 11 is 3.30. The van der Waals surface area contributed by atoms with Crippen molar-refractivity contribution in [1.29, 1.82) is 0 Å². The Bertz CT molecular complexity index is 737. The van der Waals surface area contributed by atoms with Crippen LogP contribution in [-0.2, 0) is 9.59 Å². The maximum absolute atomic E-state index is 12.2. The standard InChI is InChI=1S/C17H18BrN3O4/c1-25-14-5-3-2-4-13(14)19-10-15(22)20-16(17(23)21-24)11-6-8-12(18)9-7-11/h2-9,16,19,24H,10H2,1H3,(H,20,22)(H,21,23). The summed E-state index contributed by atoms with van der Waals surface area (Å²) in [6.07, 6.45) is 0. The van der Waals surface area contributed by atoms with Gasteiger partial charge in [0.05, 0.1) is 19.3 Å². The van der Waals surface area contributed by atoms with E-state index in [4.69, 9.17) is 9.94 Å². The van der Waals surface area contributed by atoms with Crippen molar-refractivity contribution < 1.29 is 19.5 Å². The Hall–Kier alpha value is -2.58. The summed E-state index contributed by atoms with van der Waals surface area (Å²) in [5.74, 6) is -0.539. The Labute approximate surface area is 153 Å². The number of hydrogen-bond donors (Lipinski definition) is 4. The van der Waals surface area contributed by atoms with E-state index in [1.54, 1.807) is 41.9 Å². The molecule has 0 saturated heterocycles. The summed E-state index contributed by atoms with van der Waals surface area (Å²) in [5, 5.41) is 14.4. The Morgan fingerprint density at radius 2 is 1.84 bits per heavy atom. The van der Waals surface area contributed by atoms with E-state index in [-0.39, 0.29) is 6.54 Å². The van der Waals surface area contributed by atoms with Crippen molar-refractivity contribution in [2.45, 2.75) is 6.04 Å². The predicted molar refractivity (Wildman–Crippen MR) is 96.4 cm³/mol. The van der Waals surface area contributed by atoms with Crippen molar-refractivity contribution in [2.24, 2.45) is 0 Å². The molecule has 0 radical (unpaired) electrons. The molecule has 7 nitrogen and oxygen atoms in total. The topological polar surface area (TPSA) is 99.7 Å². The number of hydrogen-bond acceptors (Lipinski definition) is 5. The van der Waals surface area contributed by atoms with Crippen molar-refractivity contribution in [3.63, 3.8) is 0 Å². The predicted octanol–water partition coefficient (Wildman–Crippen LogP) is 2.23. The Morgan fingerprint density at radius 3 is 2.48 bits per heavy atom. The Balaban J connectivity index is 2.04. The van der Waals surface area contributed by atoms with Crippen molar-refractivity contribution in [3.8, 4) is 5.75 Å². The van der Waals surface area contributed by atoms with Gasteiger partial charge >= 0.3 is 0 Å². The highest BCUT2D eigenvalue weighted by Crippen LogP contribution is 2.22. The normalized spacial score (nSPS) is 11.3. The first-order valence-electron chi connectivity index (χ1n) is 7.41. The first-order valence-corrected chi connectivity index (χ1v) is 8.20. The molecule has 25 heavy (non-hydrogen) atoms. The number of halogens is 1. The maximum atomic E-state index is 12.2. The zero-order valence-electron chi connectivity index (χ0n) is 13.5. The van der Waals surface area contributed by atoms with Gasteiger partial charge in [-0.2, -0.15) is 0 Å². The summed E-state index contributed by atoms with van der Waals surface area (Å²) in [6, 6.07) is 13.0. The number of rotatable bonds is 7. The van der Waals surface area contributed by atoms with E-state index >= 15 is 0 Å². The van der Waals surface area contributed by atoms with Gasteiger partial charge in [-0.1, -0.05) is 40.2 Å². The van der Waals surface area contributed by atoms with Crippen LogP contribution in [0.15, 0.2) is 53.0 Å². The molecule has 2 aromatic carbocycles. The molecule has 8 heteroatoms. The van der Waals surface area contributed by atoms with Crippen molar-refractivity contribution in [2.75, 3.05) is 19.0 Å². The van der Waals surface area contributed by atoms with Crippen LogP contribution in [0, 0.1) is 0 Å². The van der Waals surface area contributed by atoms with Crippen molar-refractivity contribution in [1.82, 2.24) is 10.8 Å². The fourth-order valence-corrected chi connectivity index (χ4v) is 2.46. The maximum Gasteiger partial charge on any atom is 0.270 e. The second-order valence-electron chi connectivity index (χ2n) is 5.08. The average molecular weight is 408 g/mol. The van der Waals surface area contributed by atoms with E-state index in [1.165, 1.54) is 7.11 Å². The fraction of sp³-hybridized carbons (Fsp3) is 0.176. The van der Waals surface area contributed by atoms with Gasteiger partial charge in [0.15, 0.2) is 0 Å². The van der Waals surface area contributed by atoms with Gasteiger partial charge in [-0.3, -0.25) is 14.8 Å². The number of methoxy groups -OCH3 is 1. The monoisotopic (exact) mass is 407 g/mol. The molecule has 0 saturated carbocycles. The van der Waals surface area contributed by atoms with Crippen molar-refractivity contribution >= 4 is 33.4 Å². The molecule has 0 aromatic heterocycles. The van der Waals surface area contributed by atoms with Crippen LogP contribution in [0.5, 0.6) is 5.75 Å². The summed E-state index contributed by atoms with van der Waals surface area (Å²) in [6.45, 7) is -0.0634. The van der Waals surface area contributed by atoms with E-state index in [9.17, 15) is 9.59 Å². The molecule has 2 rings (SSSR count). The number of nitrogens with one attached hydrogen (secondary N) is 3. The smallest absolute Gasteiger partial charge is 0.270 e. The highest BCUT2D eigenvalue weighted by molar-refractivity contribution is 9.10. The molecule has 1 atom stereocenters. The number of ether oxygens (including phenoxy) is 1. The highest BCUT2D eigenvalue weighted by Gasteiger charge is 2.22. The molecular weight excluding hydrogens is 390 g/mol. The van der Waals surface area contributed by atoms with Gasteiger partial charge in [-0.25, -0.2) is 5.48 Å². The summed E-state index contributed by atoms with van der Waals surface area (Å²) in [7, 11) is 1.54. The number of benzene rings is 2. The highest BCUT2D eigenvalue weighted by atomic mass is 79.9. The van der Waals surface area contributed by atoms with Crippen LogP contribution >= 0.6 is 15.9 Å². The van der Waals surface area contributed by atoms with E-state index in [0.29, 0.717) is 17.0 Å². The van der Waals surface area contributed by atoms with E-state index < -0.39 is 17.9 Å². The van der Waals surface area contributed by atoms with Gasteiger partial charge in [0.1, 0.15) is 11.8 Å². The minimum Gasteiger partial charge on any atom is -0.495 e. The molecule has 1 unspecified atom stereocenters. The number of carbonyl (C=O) groups excluding carboxylic acids is 2. The fourth-order valence-electron chi connectivity index (χ4n) is 2.20. The largest absolute Gasteiger partial charge is 0.495 e. The zero-order chi connectivity index (χ0) is 18.2. The Kier molecular flexibility index (Phi) is 6.79. The first-order chi connectivity index (χ1) is 12.0. The number of amides is 2. The number of carbonyl (C=O) groups is 2. The Morgan fingerprint density at radius 1 is 1.16 bits per heavy atom. The molecule has 0 aliphatic carbocycles. The van der Waals surface area contributed by atoms with Crippen LogP contribution in [0.4, 0.5) is 5.69 Å². The molecule has 132 valence electrons. The van der Waals surface area contributed by atoms with Crippen LogP contribution in [-0.4, -0.2) is 30.7 Å². The SMILES string of the molecule is COc1ccccc1NCC(=O)NC(C(=O)NO)c1ccc(Br)cc1. The molecule has 0 spiro atoms. The van der Waals surface area contributed by atoms with Crippen LogP contribution < -0.4 is 20.9 Å². The molecule has 2 aromatic rings. The van der Waals surface area contributed by atoms with Crippen LogP contribution in [0.25, 0.3) is 0 Å². The van der Waals surface area contributed by atoms with Gasteiger partial charge < -0.3 is 15.4 Å². The molecule has 4 N–H and O–H groups in total. The molecule has 0 aliphatic rings. The van der Waals surface area contributed by atoms with Gasteiger partial charge in [-0.05, 0) is 29.8 Å². The average Bonchev–Trinajstić information content (AvgIpc) is 2.64. The van der Waals surface area contributed by atoms with E-state index in [2.05, 4.69) is 26.6 Å². The number of hydroxylamine groups is 1. The third kappa shape index (κ3) is 5.20. The quantitative estimate of drug-likeness (QED) is 0.416. The van der Waals surface area contributed by atoms with Gasteiger partial charge in [0.25, 0.3) is 5.91 Å². The molecular formula is C17H18BrN3O4. The third-order valence-corrected chi connectivity index (χ3v) is 3.96. The minimum atomic E-state index is -1.01. The van der Waals surface area contributed by atoms with Crippen molar-refractivity contribution in [3.05, 3.63) is 58.6 Å². The van der Waals surface area contributed by atoms with Gasteiger partial charge in [-0.15, -0.1) is 0 Å². The summed E-state index contributed by atoms with van der Waals surface area (Å²) in [4.78, 5) is 24.1. The minimum absolute atomic E-state index is 0.0634. The lowest BCUT2D eigenvalue weighted by Crippen LogP contribution is -2.41. The second kappa shape index (κ2) is 9.05. The lowest BCUT2D eigenvalue weighted by molar-refractivity contribution is -0.134. The zero-order valence-corrected chi connectivity index (χ0v) is 15.0. The van der Waals surface area contributed by atoms with Crippen LogP contribution in [0.2, 0.25) is 0 Å². The van der Waals surface area contributed by atoms with E-state index in [0.717, 1.165) is 4.47 Å². The molecule has 0 aliphatic heterocycles. The third-order valence-electron chi connectivity index (χ3n) is 3.43. The van der Waals surface area contributed by atoms with Crippen LogP contribution in [0.3, 0.4) is 0 Å². The molecule has 2 amide bonds. The van der Waals surface area contributed by atoms with Crippen LogP contribution in [0.1, 0.15) is 11.6 Å². The van der Waals surface area contributed by atoms with Gasteiger partial charge in [0, 0.05) is 4.47 Å². The van der Waals surface area contributed by atoms with Gasteiger partial charge in [0.2, 0.25) is 5.91 Å². The first kappa shape index (κ1) is 18.8. The molecule has 0 heterocycles. The molecule has 0 fully saturated rings. The summed E-state index contributed by atoms with van der Waals surface area (Å²) < 4.78 is 6.04. The second-order valence-corrected chi connectivity index (χ2v) is 6.00. The lowest BCUT2D eigenvalue weighted by Gasteiger charge is -2.18. The number of anilines is 1. The van der Waals surface area contributed by atoms with E-state index in [1.807, 2.05) is 12.1 Å².